The monoisotopic (exact) mass is 1310 g/mol. The average Bonchev–Trinajstić information content (AvgIpc) is 1.62. The van der Waals surface area contributed by atoms with Crippen LogP contribution in [-0.4, -0.2) is 198 Å². The Balaban J connectivity index is 1.87. The number of nitrogens with one attached hydrogen (secondary N) is 8. The van der Waals surface area contributed by atoms with Crippen molar-refractivity contribution in [2.75, 3.05) is 44.7 Å². The number of primary amides is 3. The van der Waals surface area contributed by atoms with Crippen molar-refractivity contribution in [3.8, 4) is 0 Å². The van der Waals surface area contributed by atoms with Crippen molar-refractivity contribution in [1.82, 2.24) is 52.3 Å². The number of nitrogens with zero attached hydrogens (tertiary/aromatic N) is 3. The summed E-state index contributed by atoms with van der Waals surface area (Å²) in [7, 11) is 0. The third-order valence-corrected chi connectivity index (χ3v) is 16.6. The van der Waals surface area contributed by atoms with Crippen molar-refractivity contribution in [3.63, 3.8) is 0 Å². The Morgan fingerprint density at radius 2 is 1.13 bits per heavy atom. The SMILES string of the molecule is CC[C@H](C)[C@H](NC(=O)[C@H](Cc1ccccc1)NC(=O)[C@H](CCC(N)=O)NC(=O)[C@H](CCC(N)=O)NC(=O)[C@@H]1CCCN1C(=O)[C@H](CCCCN)NC(=O)[C@@H]1CCCN1C(=O)[C@@H](N)CCCN=C(N)N)C(=O)NCC(=O)N[C@@H](CC(C)C)C(=O)N[C@@H](CCSC)C(N)=O. The maximum atomic E-state index is 14.6. The fraction of sp³-hybridized carbons (Fsp3) is 0.667. The van der Waals surface area contributed by atoms with Gasteiger partial charge in [-0.3, -0.25) is 67.3 Å². The summed E-state index contributed by atoms with van der Waals surface area (Å²) in [6.07, 6.45) is 3.70. The molecule has 1 aromatic rings. The first-order valence-electron chi connectivity index (χ1n) is 31.5. The van der Waals surface area contributed by atoms with Crippen LogP contribution in [0.3, 0.4) is 0 Å². The Labute approximate surface area is 542 Å². The number of likely N-dealkylation sites (tertiary alicyclic amines) is 2. The molecule has 31 nitrogen and oxygen atoms in total. The zero-order chi connectivity index (χ0) is 68.6. The number of benzene rings is 1. The molecule has 2 heterocycles. The Kier molecular flexibility index (Phi) is 34.5. The van der Waals surface area contributed by atoms with E-state index >= 15 is 0 Å². The molecule has 0 unspecified atom stereocenters. The second kappa shape index (κ2) is 40.7. The van der Waals surface area contributed by atoms with Gasteiger partial charge < -0.3 is 92.5 Å². The van der Waals surface area contributed by atoms with Crippen LogP contribution in [0.4, 0.5) is 0 Å². The standard InChI is InChI=1S/C60H100N18O13S/c1-6-35(4)49(57(89)69-33-48(81)70-42(31-34(2)3)53(85)71-38(50(65)82)25-30-92-5)76-54(86)43(32-36-15-8-7-9-16-36)75-52(84)39(21-23-46(63)79)72-51(83)40(22-24-47(64)80)73-55(87)45-20-14-29-78(45)59(91)41(18-10-11-26-61)74-56(88)44-19-13-28-77(44)58(90)37(62)17-12-27-68-60(66)67/h7-9,15-16,34-35,37-45,49H,6,10-14,17-33,61-62H2,1-5H3,(H2,63,79)(H2,64,80)(H2,65,82)(H,69,89)(H,70,81)(H,71,85)(H,72,83)(H,73,87)(H,74,88)(H,75,84)(H,76,86)(H4,66,67,68)/t35-,37-,38-,39-,40-,41-,42-,43-,44-,45-,49-/m0/s1. The van der Waals surface area contributed by atoms with E-state index in [1.165, 1.54) is 21.6 Å². The van der Waals surface area contributed by atoms with Crippen molar-refractivity contribution in [2.24, 2.45) is 57.0 Å². The van der Waals surface area contributed by atoms with Gasteiger partial charge in [0.1, 0.15) is 54.4 Å². The van der Waals surface area contributed by atoms with E-state index in [-0.39, 0.29) is 76.6 Å². The predicted molar refractivity (Wildman–Crippen MR) is 345 cm³/mol. The molecule has 0 aliphatic carbocycles. The summed E-state index contributed by atoms with van der Waals surface area (Å²) >= 11 is 1.46. The summed E-state index contributed by atoms with van der Waals surface area (Å²) < 4.78 is 0. The number of carbonyl (C=O) groups excluding carboxylic acids is 13. The smallest absolute Gasteiger partial charge is 0.245 e. The molecule has 0 saturated carbocycles. The largest absolute Gasteiger partial charge is 0.370 e. The molecule has 3 rings (SSSR count). The highest BCUT2D eigenvalue weighted by Gasteiger charge is 2.42. The highest BCUT2D eigenvalue weighted by molar-refractivity contribution is 7.98. The van der Waals surface area contributed by atoms with Gasteiger partial charge in [0.2, 0.25) is 76.8 Å². The number of unbranched alkanes of at least 4 members (excludes halogenated alkanes) is 1. The van der Waals surface area contributed by atoms with Crippen LogP contribution in [0.5, 0.6) is 0 Å². The molecule has 2 saturated heterocycles. The van der Waals surface area contributed by atoms with Crippen molar-refractivity contribution >= 4 is 94.5 Å². The fourth-order valence-corrected chi connectivity index (χ4v) is 11.1. The minimum absolute atomic E-state index is 0.0787. The molecule has 0 spiro atoms. The van der Waals surface area contributed by atoms with Gasteiger partial charge in [-0.15, -0.1) is 0 Å². The maximum Gasteiger partial charge on any atom is 0.245 e. The Morgan fingerprint density at radius 1 is 0.598 bits per heavy atom. The molecule has 0 aromatic heterocycles. The zero-order valence-corrected chi connectivity index (χ0v) is 54.5. The van der Waals surface area contributed by atoms with E-state index in [1.807, 2.05) is 20.1 Å². The Hall–Kier alpha value is -8.13. The third kappa shape index (κ3) is 27.0. The first-order valence-corrected chi connectivity index (χ1v) is 32.9. The number of aliphatic imine (C=N–C) groups is 1. The van der Waals surface area contributed by atoms with Gasteiger partial charge in [0.05, 0.1) is 12.6 Å². The molecule has 92 heavy (non-hydrogen) atoms. The summed E-state index contributed by atoms with van der Waals surface area (Å²) in [5.41, 5.74) is 40.0. The average molecular weight is 1310 g/mol. The van der Waals surface area contributed by atoms with Crippen LogP contribution < -0.4 is 82.7 Å². The lowest BCUT2D eigenvalue weighted by Gasteiger charge is -2.32. The minimum atomic E-state index is -1.62. The lowest BCUT2D eigenvalue weighted by Crippen LogP contribution is -2.60. The van der Waals surface area contributed by atoms with E-state index in [9.17, 15) is 62.3 Å². The summed E-state index contributed by atoms with van der Waals surface area (Å²) in [5.74, 6) is -10.2. The third-order valence-electron chi connectivity index (χ3n) is 15.9. The van der Waals surface area contributed by atoms with Crippen LogP contribution in [0.1, 0.15) is 136 Å². The van der Waals surface area contributed by atoms with Gasteiger partial charge in [0, 0.05) is 38.9 Å². The van der Waals surface area contributed by atoms with E-state index in [4.69, 9.17) is 40.1 Å². The normalized spacial score (nSPS) is 17.4. The molecule has 514 valence electrons. The zero-order valence-electron chi connectivity index (χ0n) is 53.7. The number of hydrogen-bond donors (Lipinski definition) is 15. The van der Waals surface area contributed by atoms with Crippen LogP contribution in [0.25, 0.3) is 0 Å². The molecular weight excluding hydrogens is 1210 g/mol. The second-order valence-electron chi connectivity index (χ2n) is 23.7. The molecule has 0 bridgehead atoms. The fourth-order valence-electron chi connectivity index (χ4n) is 10.6. The first-order chi connectivity index (χ1) is 43.6. The van der Waals surface area contributed by atoms with Crippen molar-refractivity contribution in [3.05, 3.63) is 35.9 Å². The topological polar surface area (TPSA) is 519 Å². The number of hydrogen-bond acceptors (Lipinski definition) is 17. The molecule has 22 N–H and O–H groups in total. The van der Waals surface area contributed by atoms with Crippen LogP contribution in [0.2, 0.25) is 0 Å². The number of nitrogens with two attached hydrogens (primary N) is 7. The summed E-state index contributed by atoms with van der Waals surface area (Å²) in [6, 6.07) is -3.81. The summed E-state index contributed by atoms with van der Waals surface area (Å²) in [5, 5.41) is 21.1. The predicted octanol–water partition coefficient (Wildman–Crippen LogP) is -3.91. The highest BCUT2D eigenvalue weighted by Crippen LogP contribution is 2.24. The van der Waals surface area contributed by atoms with Gasteiger partial charge >= 0.3 is 0 Å². The number of thioether (sulfide) groups is 1. The Bertz CT molecular complexity index is 2700. The molecule has 0 radical (unpaired) electrons. The molecular formula is C60H100N18O13S. The molecule has 2 aliphatic rings. The van der Waals surface area contributed by atoms with Gasteiger partial charge in [0.25, 0.3) is 0 Å². The lowest BCUT2D eigenvalue weighted by atomic mass is 9.97. The van der Waals surface area contributed by atoms with Crippen molar-refractivity contribution in [1.29, 1.82) is 0 Å². The Morgan fingerprint density at radius 3 is 1.66 bits per heavy atom. The van der Waals surface area contributed by atoms with Crippen molar-refractivity contribution in [2.45, 2.75) is 197 Å². The number of carbonyl (C=O) groups is 13. The first kappa shape index (κ1) is 78.1. The summed E-state index contributed by atoms with van der Waals surface area (Å²) in [6.45, 7) is 7.35. The maximum absolute atomic E-state index is 14.6. The van der Waals surface area contributed by atoms with Gasteiger partial charge in [-0.2, -0.15) is 11.8 Å². The molecule has 2 aliphatic heterocycles. The van der Waals surface area contributed by atoms with Crippen LogP contribution in [-0.2, 0) is 68.7 Å². The van der Waals surface area contributed by atoms with Crippen LogP contribution in [0, 0.1) is 11.8 Å². The lowest BCUT2D eigenvalue weighted by molar-refractivity contribution is -0.144. The van der Waals surface area contributed by atoms with Crippen LogP contribution >= 0.6 is 11.8 Å². The van der Waals surface area contributed by atoms with E-state index in [2.05, 4.69) is 47.5 Å². The van der Waals surface area contributed by atoms with E-state index in [0.29, 0.717) is 56.3 Å². The highest BCUT2D eigenvalue weighted by atomic mass is 32.2. The van der Waals surface area contributed by atoms with Gasteiger partial charge in [-0.25, -0.2) is 0 Å². The van der Waals surface area contributed by atoms with Gasteiger partial charge in [0.15, 0.2) is 5.96 Å². The van der Waals surface area contributed by atoms with E-state index in [0.717, 1.165) is 0 Å². The molecule has 11 atom stereocenters. The van der Waals surface area contributed by atoms with E-state index < -0.39 is 175 Å². The number of rotatable bonds is 42. The summed E-state index contributed by atoms with van der Waals surface area (Å²) in [4.78, 5) is 184. The number of amides is 13. The van der Waals surface area contributed by atoms with Crippen LogP contribution in [0.15, 0.2) is 35.3 Å². The minimum Gasteiger partial charge on any atom is -0.370 e. The van der Waals surface area contributed by atoms with Crippen molar-refractivity contribution < 1.29 is 62.3 Å². The molecule has 32 heteroatoms. The number of guanidine groups is 1. The second-order valence-corrected chi connectivity index (χ2v) is 24.7. The van der Waals surface area contributed by atoms with Gasteiger partial charge in [-0.1, -0.05) is 64.4 Å². The molecule has 1 aromatic carbocycles. The van der Waals surface area contributed by atoms with E-state index in [1.54, 1.807) is 44.2 Å². The quantitative estimate of drug-likeness (QED) is 0.0169. The molecule has 13 amide bonds. The van der Waals surface area contributed by atoms with Gasteiger partial charge in [-0.05, 0) is 119 Å². The molecule has 2 fully saturated rings.